The van der Waals surface area contributed by atoms with Gasteiger partial charge in [-0.25, -0.2) is 4.68 Å². The Hall–Kier alpha value is -2.50. The van der Waals surface area contributed by atoms with Crippen LogP contribution in [0.2, 0.25) is 0 Å². The van der Waals surface area contributed by atoms with E-state index >= 15 is 0 Å². The van der Waals surface area contributed by atoms with E-state index in [9.17, 15) is 0 Å². The Morgan fingerprint density at radius 3 is 2.81 bits per heavy atom. The molecule has 27 heavy (non-hydrogen) atoms. The van der Waals surface area contributed by atoms with Gasteiger partial charge in [0.15, 0.2) is 0 Å². The summed E-state index contributed by atoms with van der Waals surface area (Å²) < 4.78 is 7.78. The molecule has 140 valence electrons. The van der Waals surface area contributed by atoms with Crippen molar-refractivity contribution in [3.8, 4) is 5.69 Å². The average Bonchev–Trinajstić information content (AvgIpc) is 3.38. The van der Waals surface area contributed by atoms with Crippen LogP contribution in [0.5, 0.6) is 0 Å². The molecule has 5 heteroatoms. The maximum atomic E-state index is 5.88. The van der Waals surface area contributed by atoms with Crippen LogP contribution < -0.4 is 0 Å². The summed E-state index contributed by atoms with van der Waals surface area (Å²) in [7, 11) is 0. The minimum atomic E-state index is 0.331. The summed E-state index contributed by atoms with van der Waals surface area (Å²) in [5.74, 6) is 0. The molecule has 0 bridgehead atoms. The zero-order chi connectivity index (χ0) is 18.5. The lowest BCUT2D eigenvalue weighted by atomic mass is 10.1. The Labute approximate surface area is 160 Å². The predicted molar refractivity (Wildman–Crippen MR) is 106 cm³/mol. The van der Waals surface area contributed by atoms with Gasteiger partial charge in [-0.2, -0.15) is 5.10 Å². The zero-order valence-electron chi connectivity index (χ0n) is 15.8. The third kappa shape index (κ3) is 4.62. The van der Waals surface area contributed by atoms with E-state index in [1.807, 2.05) is 29.2 Å². The van der Waals surface area contributed by atoms with Crippen LogP contribution in [-0.2, 0) is 17.8 Å². The van der Waals surface area contributed by atoms with Gasteiger partial charge < -0.3 is 4.74 Å². The fraction of sp³-hybridized carbons (Fsp3) is 0.364. The summed E-state index contributed by atoms with van der Waals surface area (Å²) in [6.07, 6.45) is 8.29. The number of aromatic nitrogens is 3. The fourth-order valence-corrected chi connectivity index (χ4v) is 3.64. The maximum Gasteiger partial charge on any atom is 0.0703 e. The van der Waals surface area contributed by atoms with Crippen LogP contribution in [-0.4, -0.2) is 38.9 Å². The van der Waals surface area contributed by atoms with Crippen molar-refractivity contribution >= 4 is 0 Å². The van der Waals surface area contributed by atoms with Crippen molar-refractivity contribution in [1.82, 2.24) is 19.7 Å². The fourth-order valence-electron chi connectivity index (χ4n) is 3.64. The second-order valence-corrected chi connectivity index (χ2v) is 7.19. The lowest BCUT2D eigenvalue weighted by Crippen LogP contribution is -2.32. The highest BCUT2D eigenvalue weighted by atomic mass is 16.5. The van der Waals surface area contributed by atoms with Crippen molar-refractivity contribution in [2.75, 3.05) is 13.2 Å². The average molecular weight is 362 g/mol. The van der Waals surface area contributed by atoms with Gasteiger partial charge in [0.25, 0.3) is 0 Å². The highest BCUT2D eigenvalue weighted by Crippen LogP contribution is 2.20. The Balaban J connectivity index is 1.51. The molecule has 4 rings (SSSR count). The Kier molecular flexibility index (Phi) is 5.61. The molecule has 1 atom stereocenters. The van der Waals surface area contributed by atoms with Crippen LogP contribution in [0.3, 0.4) is 0 Å². The van der Waals surface area contributed by atoms with Gasteiger partial charge >= 0.3 is 0 Å². The van der Waals surface area contributed by atoms with Crippen molar-refractivity contribution < 1.29 is 4.74 Å². The molecule has 1 fully saturated rings. The third-order valence-corrected chi connectivity index (χ3v) is 5.09. The third-order valence-electron chi connectivity index (χ3n) is 5.09. The second kappa shape index (κ2) is 8.46. The topological polar surface area (TPSA) is 43.2 Å². The smallest absolute Gasteiger partial charge is 0.0703 e. The monoisotopic (exact) mass is 362 g/mol. The van der Waals surface area contributed by atoms with Crippen LogP contribution >= 0.6 is 0 Å². The molecule has 0 aliphatic carbocycles. The van der Waals surface area contributed by atoms with E-state index in [4.69, 9.17) is 4.74 Å². The zero-order valence-corrected chi connectivity index (χ0v) is 15.8. The first-order valence-electron chi connectivity index (χ1n) is 9.61. The quantitative estimate of drug-likeness (QED) is 0.642. The maximum absolute atomic E-state index is 5.88. The van der Waals surface area contributed by atoms with E-state index in [1.54, 1.807) is 6.20 Å². The van der Waals surface area contributed by atoms with Gasteiger partial charge in [-0.15, -0.1) is 0 Å². The van der Waals surface area contributed by atoms with Crippen LogP contribution in [0.4, 0.5) is 0 Å². The largest absolute Gasteiger partial charge is 0.377 e. The van der Waals surface area contributed by atoms with Gasteiger partial charge in [-0.3, -0.25) is 9.88 Å². The highest BCUT2D eigenvalue weighted by molar-refractivity contribution is 5.39. The van der Waals surface area contributed by atoms with E-state index in [-0.39, 0.29) is 0 Å². The predicted octanol–water partition coefficient (Wildman–Crippen LogP) is 3.76. The van der Waals surface area contributed by atoms with E-state index in [1.165, 1.54) is 17.5 Å². The summed E-state index contributed by atoms with van der Waals surface area (Å²) in [5, 5.41) is 4.32. The van der Waals surface area contributed by atoms with Crippen LogP contribution in [0, 0.1) is 6.92 Å². The van der Waals surface area contributed by atoms with Crippen molar-refractivity contribution in [3.05, 3.63) is 77.9 Å². The van der Waals surface area contributed by atoms with E-state index in [0.29, 0.717) is 6.10 Å². The van der Waals surface area contributed by atoms with Crippen molar-refractivity contribution in [2.45, 2.75) is 39.0 Å². The summed E-state index contributed by atoms with van der Waals surface area (Å²) in [6.45, 7) is 5.73. The molecule has 3 heterocycles. The van der Waals surface area contributed by atoms with E-state index in [0.717, 1.165) is 44.0 Å². The number of rotatable bonds is 7. The summed E-state index contributed by atoms with van der Waals surface area (Å²) >= 11 is 0. The molecule has 0 amide bonds. The van der Waals surface area contributed by atoms with Crippen molar-refractivity contribution in [1.29, 1.82) is 0 Å². The van der Waals surface area contributed by atoms with Crippen LogP contribution in [0.25, 0.3) is 5.69 Å². The number of aryl methyl sites for hydroxylation is 1. The highest BCUT2D eigenvalue weighted by Gasteiger charge is 2.20. The number of ether oxygens (including phenoxy) is 1. The molecule has 0 unspecified atom stereocenters. The Morgan fingerprint density at radius 2 is 2.11 bits per heavy atom. The number of hydrogen-bond acceptors (Lipinski definition) is 4. The number of pyridine rings is 1. The normalized spacial score (nSPS) is 16.9. The SMILES string of the molecule is Cc1cc(-n2cccn2)ccc1CN(Cc1ccccn1)C[C@H]1CCCO1. The molecule has 0 spiro atoms. The molecule has 1 aliphatic rings. The molecule has 5 nitrogen and oxygen atoms in total. The molecule has 0 radical (unpaired) electrons. The summed E-state index contributed by atoms with van der Waals surface area (Å²) in [6, 6.07) is 14.6. The summed E-state index contributed by atoms with van der Waals surface area (Å²) in [5.41, 5.74) is 4.80. The molecular weight excluding hydrogens is 336 g/mol. The number of hydrogen-bond donors (Lipinski definition) is 0. The standard InChI is InChI=1S/C22H26N4O/c1-18-14-21(26-12-5-11-24-26)9-8-19(18)15-25(17-22-7-4-13-27-22)16-20-6-2-3-10-23-20/h2-3,5-6,8-12,14,22H,4,7,13,15-17H2,1H3/t22-/m1/s1. The molecule has 1 aliphatic heterocycles. The van der Waals surface area contributed by atoms with Crippen molar-refractivity contribution in [3.63, 3.8) is 0 Å². The van der Waals surface area contributed by atoms with Gasteiger partial charge in [0, 0.05) is 44.8 Å². The molecular formula is C22H26N4O. The molecule has 0 saturated carbocycles. The van der Waals surface area contributed by atoms with Crippen LogP contribution in [0.1, 0.15) is 29.7 Å². The first-order valence-corrected chi connectivity index (χ1v) is 9.61. The second-order valence-electron chi connectivity index (χ2n) is 7.19. The molecule has 3 aromatic rings. The Bertz CT molecular complexity index is 842. The minimum absolute atomic E-state index is 0.331. The van der Waals surface area contributed by atoms with E-state index < -0.39 is 0 Å². The van der Waals surface area contributed by atoms with Gasteiger partial charge in [0.05, 0.1) is 17.5 Å². The number of benzene rings is 1. The molecule has 0 N–H and O–H groups in total. The van der Waals surface area contributed by atoms with Crippen molar-refractivity contribution in [2.24, 2.45) is 0 Å². The molecule has 1 saturated heterocycles. The van der Waals surface area contributed by atoms with Gasteiger partial charge in [-0.1, -0.05) is 12.1 Å². The first-order chi connectivity index (χ1) is 13.3. The summed E-state index contributed by atoms with van der Waals surface area (Å²) in [4.78, 5) is 6.96. The lowest BCUT2D eigenvalue weighted by Gasteiger charge is -2.26. The Morgan fingerprint density at radius 1 is 1.15 bits per heavy atom. The van der Waals surface area contributed by atoms with Gasteiger partial charge in [0.2, 0.25) is 0 Å². The van der Waals surface area contributed by atoms with Gasteiger partial charge in [-0.05, 0) is 61.2 Å². The van der Waals surface area contributed by atoms with E-state index in [2.05, 4.69) is 52.2 Å². The molecule has 1 aromatic carbocycles. The lowest BCUT2D eigenvalue weighted by molar-refractivity contribution is 0.0674. The number of nitrogens with zero attached hydrogens (tertiary/aromatic N) is 4. The molecule has 2 aromatic heterocycles. The van der Waals surface area contributed by atoms with Gasteiger partial charge in [0.1, 0.15) is 0 Å². The first kappa shape index (κ1) is 17.9. The van der Waals surface area contributed by atoms with Crippen LogP contribution in [0.15, 0.2) is 61.1 Å². The minimum Gasteiger partial charge on any atom is -0.377 e.